The number of nitrogens with zero attached hydrogens (tertiary/aromatic N) is 3. The van der Waals surface area contributed by atoms with Gasteiger partial charge in [-0.15, -0.1) is 0 Å². The molecule has 0 bridgehead atoms. The van der Waals surface area contributed by atoms with Crippen molar-refractivity contribution in [2.45, 2.75) is 31.1 Å². The summed E-state index contributed by atoms with van der Waals surface area (Å²) >= 11 is 0. The van der Waals surface area contributed by atoms with Crippen LogP contribution in [0.3, 0.4) is 0 Å². The average Bonchev–Trinajstić information content (AvgIpc) is 3.06. The van der Waals surface area contributed by atoms with E-state index in [1.807, 2.05) is 0 Å². The summed E-state index contributed by atoms with van der Waals surface area (Å²) in [6.45, 7) is 0.286. The van der Waals surface area contributed by atoms with Crippen LogP contribution in [0.2, 0.25) is 0 Å². The molecule has 2 heterocycles. The predicted molar refractivity (Wildman–Crippen MR) is 72.3 cm³/mol. The Morgan fingerprint density at radius 2 is 1.86 bits per heavy atom. The van der Waals surface area contributed by atoms with E-state index >= 15 is 0 Å². The molecule has 22 heavy (non-hydrogen) atoms. The van der Waals surface area contributed by atoms with Crippen molar-refractivity contribution in [1.29, 1.82) is 0 Å². The van der Waals surface area contributed by atoms with Gasteiger partial charge in [0.2, 0.25) is 11.8 Å². The minimum Gasteiger partial charge on any atom is -0.339 e. The van der Waals surface area contributed by atoms with Gasteiger partial charge in [-0.1, -0.05) is 5.16 Å². The topological polar surface area (TPSA) is 59.2 Å². The summed E-state index contributed by atoms with van der Waals surface area (Å²) in [4.78, 5) is 17.8. The lowest BCUT2D eigenvalue weighted by atomic mass is 10.1. The molecule has 2 aromatic rings. The van der Waals surface area contributed by atoms with Gasteiger partial charge < -0.3 is 9.42 Å². The molecule has 2 aliphatic rings. The molecule has 1 saturated carbocycles. The number of benzene rings is 1. The fourth-order valence-corrected chi connectivity index (χ4v) is 2.74. The molecule has 1 amide bonds. The van der Waals surface area contributed by atoms with Crippen molar-refractivity contribution >= 4 is 11.6 Å². The molecule has 1 aliphatic carbocycles. The van der Waals surface area contributed by atoms with Crippen molar-refractivity contribution in [2.75, 3.05) is 11.4 Å². The number of anilines is 1. The summed E-state index contributed by atoms with van der Waals surface area (Å²) in [5.41, 5.74) is 0.215. The Morgan fingerprint density at radius 1 is 1.14 bits per heavy atom. The van der Waals surface area contributed by atoms with E-state index < -0.39 is 11.6 Å². The number of halogens is 2. The van der Waals surface area contributed by atoms with Gasteiger partial charge in [-0.05, 0) is 25.0 Å². The van der Waals surface area contributed by atoms with E-state index in [4.69, 9.17) is 4.52 Å². The second-order valence-electron chi connectivity index (χ2n) is 5.80. The van der Waals surface area contributed by atoms with Crippen molar-refractivity contribution in [3.05, 3.63) is 41.5 Å². The molecule has 0 spiro atoms. The maximum atomic E-state index is 13.3. The smallest absolute Gasteiger partial charge is 0.232 e. The van der Waals surface area contributed by atoms with Crippen LogP contribution in [-0.2, 0) is 4.79 Å². The van der Waals surface area contributed by atoms with Crippen LogP contribution >= 0.6 is 0 Å². The van der Waals surface area contributed by atoms with E-state index in [2.05, 4.69) is 10.1 Å². The Labute approximate surface area is 124 Å². The molecular weight excluding hydrogens is 292 g/mol. The van der Waals surface area contributed by atoms with Gasteiger partial charge >= 0.3 is 0 Å². The minimum absolute atomic E-state index is 0.199. The minimum atomic E-state index is -0.708. The molecule has 0 radical (unpaired) electrons. The van der Waals surface area contributed by atoms with E-state index in [0.29, 0.717) is 17.6 Å². The van der Waals surface area contributed by atoms with Crippen LogP contribution in [0.25, 0.3) is 0 Å². The molecule has 114 valence electrons. The first-order valence-corrected chi connectivity index (χ1v) is 7.20. The van der Waals surface area contributed by atoms with Gasteiger partial charge in [-0.3, -0.25) is 4.79 Å². The summed E-state index contributed by atoms with van der Waals surface area (Å²) in [6.07, 6.45) is 2.33. The lowest BCUT2D eigenvalue weighted by molar-refractivity contribution is -0.117. The first kappa shape index (κ1) is 13.4. The van der Waals surface area contributed by atoms with Crippen molar-refractivity contribution in [3.8, 4) is 0 Å². The van der Waals surface area contributed by atoms with Gasteiger partial charge in [0, 0.05) is 30.6 Å². The second kappa shape index (κ2) is 4.86. The van der Waals surface area contributed by atoms with Crippen LogP contribution in [0, 0.1) is 11.6 Å². The molecule has 0 N–H and O–H groups in total. The number of hydrogen-bond acceptors (Lipinski definition) is 4. The molecule has 1 atom stereocenters. The summed E-state index contributed by atoms with van der Waals surface area (Å²) in [5.74, 6) is -0.365. The van der Waals surface area contributed by atoms with Crippen molar-refractivity contribution < 1.29 is 18.1 Å². The van der Waals surface area contributed by atoms with Crippen LogP contribution in [0.15, 0.2) is 22.7 Å². The highest BCUT2D eigenvalue weighted by molar-refractivity contribution is 5.96. The van der Waals surface area contributed by atoms with Crippen LogP contribution in [-0.4, -0.2) is 22.6 Å². The number of amides is 1. The van der Waals surface area contributed by atoms with E-state index in [9.17, 15) is 13.6 Å². The quantitative estimate of drug-likeness (QED) is 0.875. The number of hydrogen-bond donors (Lipinski definition) is 0. The standard InChI is InChI=1S/C15H13F2N3O2/c16-10-4-11(17)6-12(5-10)20-7-9(3-13(20)21)15-18-14(19-22-15)8-1-2-8/h4-6,8-9H,1-3,7H2/t9-/m1/s1. The summed E-state index contributed by atoms with van der Waals surface area (Å²) < 4.78 is 31.9. The van der Waals surface area contributed by atoms with Crippen molar-refractivity contribution in [2.24, 2.45) is 0 Å². The van der Waals surface area contributed by atoms with Crippen molar-refractivity contribution in [3.63, 3.8) is 0 Å². The lowest BCUT2D eigenvalue weighted by Gasteiger charge is -2.16. The Hall–Kier alpha value is -2.31. The highest BCUT2D eigenvalue weighted by Crippen LogP contribution is 2.39. The van der Waals surface area contributed by atoms with E-state index in [0.717, 1.165) is 31.0 Å². The SMILES string of the molecule is O=C1C[C@@H](c2nc(C3CC3)no2)CN1c1cc(F)cc(F)c1. The number of carbonyl (C=O) groups excluding carboxylic acids is 1. The fourth-order valence-electron chi connectivity index (χ4n) is 2.74. The summed E-state index contributed by atoms with van der Waals surface area (Å²) in [6, 6.07) is 3.07. The number of rotatable bonds is 3. The normalized spacial score (nSPS) is 21.6. The third kappa shape index (κ3) is 2.36. The van der Waals surface area contributed by atoms with Crippen LogP contribution in [0.5, 0.6) is 0 Å². The maximum absolute atomic E-state index is 13.3. The molecule has 1 saturated heterocycles. The van der Waals surface area contributed by atoms with Gasteiger partial charge in [0.1, 0.15) is 11.6 Å². The van der Waals surface area contributed by atoms with E-state index in [1.54, 1.807) is 0 Å². The number of carbonyl (C=O) groups is 1. The molecule has 1 aliphatic heterocycles. The number of aromatic nitrogens is 2. The highest BCUT2D eigenvalue weighted by atomic mass is 19.1. The second-order valence-corrected chi connectivity index (χ2v) is 5.80. The fraction of sp³-hybridized carbons (Fsp3) is 0.400. The van der Waals surface area contributed by atoms with E-state index in [-0.39, 0.29) is 30.5 Å². The van der Waals surface area contributed by atoms with Gasteiger partial charge in [0.05, 0.1) is 5.92 Å². The van der Waals surface area contributed by atoms with Crippen LogP contribution in [0.4, 0.5) is 14.5 Å². The summed E-state index contributed by atoms with van der Waals surface area (Å²) in [7, 11) is 0. The monoisotopic (exact) mass is 305 g/mol. The molecule has 0 unspecified atom stereocenters. The first-order valence-electron chi connectivity index (χ1n) is 7.20. The van der Waals surface area contributed by atoms with Gasteiger partial charge in [0.15, 0.2) is 5.82 Å². The molecular formula is C15H13F2N3O2. The summed E-state index contributed by atoms with van der Waals surface area (Å²) in [5, 5.41) is 3.94. The van der Waals surface area contributed by atoms with Crippen molar-refractivity contribution in [1.82, 2.24) is 10.1 Å². The van der Waals surface area contributed by atoms with Gasteiger partial charge in [-0.25, -0.2) is 8.78 Å². The Morgan fingerprint density at radius 3 is 2.55 bits per heavy atom. The zero-order valence-electron chi connectivity index (χ0n) is 11.6. The predicted octanol–water partition coefficient (Wildman–Crippen LogP) is 2.75. The average molecular weight is 305 g/mol. The lowest BCUT2D eigenvalue weighted by Crippen LogP contribution is -2.24. The Kier molecular flexibility index (Phi) is 2.95. The zero-order chi connectivity index (χ0) is 15.3. The van der Waals surface area contributed by atoms with E-state index in [1.165, 1.54) is 4.90 Å². The maximum Gasteiger partial charge on any atom is 0.232 e. The zero-order valence-corrected chi connectivity index (χ0v) is 11.6. The molecule has 5 nitrogen and oxygen atoms in total. The largest absolute Gasteiger partial charge is 0.339 e. The molecule has 1 aromatic carbocycles. The van der Waals surface area contributed by atoms with Gasteiger partial charge in [-0.2, -0.15) is 4.98 Å². The third-order valence-corrected chi connectivity index (χ3v) is 4.03. The van der Waals surface area contributed by atoms with Gasteiger partial charge in [0.25, 0.3) is 0 Å². The molecule has 1 aromatic heterocycles. The molecule has 7 heteroatoms. The van der Waals surface area contributed by atoms with Crippen LogP contribution in [0.1, 0.15) is 42.8 Å². The first-order chi connectivity index (χ1) is 10.6. The van der Waals surface area contributed by atoms with Crippen LogP contribution < -0.4 is 4.90 Å². The molecule has 4 rings (SSSR count). The molecule has 2 fully saturated rings. The third-order valence-electron chi connectivity index (χ3n) is 4.03. The Bertz CT molecular complexity index is 722. The Balaban J connectivity index is 1.57. The highest BCUT2D eigenvalue weighted by Gasteiger charge is 2.37.